The van der Waals surface area contributed by atoms with Crippen LogP contribution < -0.4 is 9.47 Å². The number of rotatable bonds is 5. The summed E-state index contributed by atoms with van der Waals surface area (Å²) in [6.45, 7) is 1.79. The fraction of sp³-hybridized carbons (Fsp3) is 0.176. The maximum absolute atomic E-state index is 9.02. The van der Waals surface area contributed by atoms with Crippen molar-refractivity contribution in [2.75, 3.05) is 6.61 Å². The zero-order valence-corrected chi connectivity index (χ0v) is 11.7. The Hall–Kier alpha value is -2.46. The molecule has 3 aromatic rings. The van der Waals surface area contributed by atoms with E-state index in [0.29, 0.717) is 11.5 Å². The summed E-state index contributed by atoms with van der Waals surface area (Å²) in [6, 6.07) is 15.3. The van der Waals surface area contributed by atoms with E-state index in [1.807, 2.05) is 61.7 Å². The van der Waals surface area contributed by atoms with Crippen LogP contribution in [0.15, 0.2) is 54.7 Å². The van der Waals surface area contributed by atoms with Crippen molar-refractivity contribution in [3.8, 4) is 17.2 Å². The quantitative estimate of drug-likeness (QED) is 0.750. The Morgan fingerprint density at radius 1 is 1.05 bits per heavy atom. The number of hydrogen-bond acceptors (Lipinski definition) is 3. The predicted molar refractivity (Wildman–Crippen MR) is 82.0 cm³/mol. The van der Waals surface area contributed by atoms with Gasteiger partial charge in [-0.2, -0.15) is 0 Å². The summed E-state index contributed by atoms with van der Waals surface area (Å²) in [5.74, 6) is 2.15. The molecule has 0 aliphatic carbocycles. The van der Waals surface area contributed by atoms with Crippen LogP contribution in [-0.4, -0.2) is 22.8 Å². The highest BCUT2D eigenvalue weighted by atomic mass is 16.5. The summed E-state index contributed by atoms with van der Waals surface area (Å²) in [5, 5.41) is 10.1. The van der Waals surface area contributed by atoms with E-state index in [1.54, 1.807) is 0 Å². The molecule has 1 atom stereocenters. The topological polar surface area (TPSA) is 54.5 Å². The van der Waals surface area contributed by atoms with Crippen LogP contribution in [0.1, 0.15) is 6.92 Å². The maximum Gasteiger partial charge on any atom is 0.131 e. The van der Waals surface area contributed by atoms with Crippen molar-refractivity contribution in [1.29, 1.82) is 0 Å². The van der Waals surface area contributed by atoms with Crippen LogP contribution in [0.5, 0.6) is 17.2 Å². The Morgan fingerprint density at radius 2 is 1.86 bits per heavy atom. The Balaban J connectivity index is 1.78. The molecule has 0 unspecified atom stereocenters. The van der Waals surface area contributed by atoms with Crippen LogP contribution in [-0.2, 0) is 0 Å². The van der Waals surface area contributed by atoms with Crippen molar-refractivity contribution < 1.29 is 14.6 Å². The molecule has 2 N–H and O–H groups in total. The fourth-order valence-electron chi connectivity index (χ4n) is 2.11. The van der Waals surface area contributed by atoms with Gasteiger partial charge in [-0.25, -0.2) is 0 Å². The molecule has 1 heterocycles. The number of aliphatic hydroxyl groups excluding tert-OH is 1. The lowest BCUT2D eigenvalue weighted by atomic mass is 10.2. The largest absolute Gasteiger partial charge is 0.488 e. The summed E-state index contributed by atoms with van der Waals surface area (Å²) >= 11 is 0. The highest BCUT2D eigenvalue weighted by Gasteiger charge is 2.05. The number of hydrogen-bond donors (Lipinski definition) is 2. The molecule has 0 saturated carbocycles. The minimum atomic E-state index is -0.239. The van der Waals surface area contributed by atoms with E-state index in [9.17, 15) is 0 Å². The third-order valence-corrected chi connectivity index (χ3v) is 3.16. The molecule has 3 rings (SSSR count). The molecule has 1 aromatic heterocycles. The van der Waals surface area contributed by atoms with E-state index >= 15 is 0 Å². The maximum atomic E-state index is 9.02. The third kappa shape index (κ3) is 3.17. The summed E-state index contributed by atoms with van der Waals surface area (Å²) in [4.78, 5) is 3.15. The van der Waals surface area contributed by atoms with Crippen molar-refractivity contribution in [2.24, 2.45) is 0 Å². The van der Waals surface area contributed by atoms with Crippen molar-refractivity contribution in [3.05, 3.63) is 54.7 Å². The van der Waals surface area contributed by atoms with Crippen LogP contribution in [0.3, 0.4) is 0 Å². The summed E-state index contributed by atoms with van der Waals surface area (Å²) < 4.78 is 11.4. The number of benzene rings is 2. The van der Waals surface area contributed by atoms with Crippen LogP contribution in [0, 0.1) is 0 Å². The zero-order chi connectivity index (χ0) is 14.7. The van der Waals surface area contributed by atoms with E-state index in [1.165, 1.54) is 0 Å². The lowest BCUT2D eigenvalue weighted by molar-refractivity contribution is 0.129. The van der Waals surface area contributed by atoms with Crippen molar-refractivity contribution in [3.63, 3.8) is 0 Å². The molecule has 0 radical (unpaired) electrons. The first-order chi connectivity index (χ1) is 10.2. The molecule has 0 spiro atoms. The Labute approximate surface area is 122 Å². The lowest BCUT2D eigenvalue weighted by Gasteiger charge is -2.13. The molecular weight excluding hydrogens is 266 g/mol. The highest BCUT2D eigenvalue weighted by molar-refractivity contribution is 5.80. The van der Waals surface area contributed by atoms with Gasteiger partial charge in [0, 0.05) is 23.2 Å². The summed E-state index contributed by atoms with van der Waals surface area (Å²) in [7, 11) is 0. The molecule has 0 bridgehead atoms. The van der Waals surface area contributed by atoms with E-state index in [4.69, 9.17) is 14.6 Å². The van der Waals surface area contributed by atoms with Gasteiger partial charge in [-0.1, -0.05) is 6.07 Å². The van der Waals surface area contributed by atoms with Gasteiger partial charge in [-0.3, -0.25) is 0 Å². The molecule has 0 fully saturated rings. The van der Waals surface area contributed by atoms with Crippen molar-refractivity contribution in [2.45, 2.75) is 13.0 Å². The first kappa shape index (κ1) is 13.5. The van der Waals surface area contributed by atoms with E-state index < -0.39 is 0 Å². The molecule has 2 aromatic carbocycles. The van der Waals surface area contributed by atoms with Crippen LogP contribution in [0.4, 0.5) is 0 Å². The number of aromatic amines is 1. The number of aliphatic hydroxyl groups is 1. The standard InChI is InChI=1S/C17H17NO3/c1-12(11-19)20-14-3-2-4-15(10-14)21-16-5-6-17-13(9-16)7-8-18-17/h2-10,12,18-19H,11H2,1H3/t12-/m0/s1. The Morgan fingerprint density at radius 3 is 2.71 bits per heavy atom. The second-order valence-corrected chi connectivity index (χ2v) is 4.91. The predicted octanol–water partition coefficient (Wildman–Crippen LogP) is 3.72. The molecule has 0 aliphatic heterocycles. The number of H-pyrrole nitrogens is 1. The number of aromatic nitrogens is 1. The molecule has 21 heavy (non-hydrogen) atoms. The molecule has 0 amide bonds. The zero-order valence-electron chi connectivity index (χ0n) is 11.7. The normalized spacial score (nSPS) is 12.3. The summed E-state index contributed by atoms with van der Waals surface area (Å²) in [6.07, 6.45) is 1.66. The van der Waals surface area contributed by atoms with Gasteiger partial charge in [-0.05, 0) is 43.3 Å². The number of nitrogens with one attached hydrogen (secondary N) is 1. The van der Waals surface area contributed by atoms with E-state index in [2.05, 4.69) is 4.98 Å². The summed E-state index contributed by atoms with van der Waals surface area (Å²) in [5.41, 5.74) is 1.08. The third-order valence-electron chi connectivity index (χ3n) is 3.16. The van der Waals surface area contributed by atoms with Gasteiger partial charge in [0.2, 0.25) is 0 Å². The van der Waals surface area contributed by atoms with Crippen molar-refractivity contribution in [1.82, 2.24) is 4.98 Å². The molecule has 4 heteroatoms. The monoisotopic (exact) mass is 283 g/mol. The van der Waals surface area contributed by atoms with Crippen LogP contribution in [0.2, 0.25) is 0 Å². The smallest absolute Gasteiger partial charge is 0.131 e. The SMILES string of the molecule is C[C@@H](CO)Oc1cccc(Oc2ccc3[nH]ccc3c2)c1. The fourth-order valence-corrected chi connectivity index (χ4v) is 2.11. The van der Waals surface area contributed by atoms with Gasteiger partial charge in [0.25, 0.3) is 0 Å². The second-order valence-electron chi connectivity index (χ2n) is 4.91. The van der Waals surface area contributed by atoms with E-state index in [0.717, 1.165) is 16.7 Å². The van der Waals surface area contributed by atoms with Gasteiger partial charge in [0.05, 0.1) is 6.61 Å². The lowest BCUT2D eigenvalue weighted by Crippen LogP contribution is -2.16. The van der Waals surface area contributed by atoms with Crippen molar-refractivity contribution >= 4 is 10.9 Å². The van der Waals surface area contributed by atoms with Gasteiger partial charge in [-0.15, -0.1) is 0 Å². The average molecular weight is 283 g/mol. The van der Waals surface area contributed by atoms with E-state index in [-0.39, 0.29) is 12.7 Å². The van der Waals surface area contributed by atoms with Crippen LogP contribution in [0.25, 0.3) is 10.9 Å². The van der Waals surface area contributed by atoms with Gasteiger partial charge in [0.1, 0.15) is 23.4 Å². The van der Waals surface area contributed by atoms with Gasteiger partial charge < -0.3 is 19.6 Å². The second kappa shape index (κ2) is 5.89. The molecular formula is C17H17NO3. The number of ether oxygens (including phenoxy) is 2. The average Bonchev–Trinajstić information content (AvgIpc) is 2.95. The van der Waals surface area contributed by atoms with Crippen LogP contribution >= 0.6 is 0 Å². The first-order valence-corrected chi connectivity index (χ1v) is 6.87. The Kier molecular flexibility index (Phi) is 3.79. The molecule has 4 nitrogen and oxygen atoms in total. The highest BCUT2D eigenvalue weighted by Crippen LogP contribution is 2.27. The first-order valence-electron chi connectivity index (χ1n) is 6.87. The molecule has 0 saturated heterocycles. The van der Waals surface area contributed by atoms with Gasteiger partial charge in [0.15, 0.2) is 0 Å². The minimum Gasteiger partial charge on any atom is -0.488 e. The molecule has 0 aliphatic rings. The number of fused-ring (bicyclic) bond motifs is 1. The molecule has 108 valence electrons. The Bertz CT molecular complexity index is 735. The minimum absolute atomic E-state index is 0.0186. The van der Waals surface area contributed by atoms with Gasteiger partial charge >= 0.3 is 0 Å².